The maximum atomic E-state index is 12.9. The van der Waals surface area contributed by atoms with E-state index in [1.165, 1.54) is 30.3 Å². The van der Waals surface area contributed by atoms with Crippen molar-refractivity contribution in [2.24, 2.45) is 5.73 Å². The van der Waals surface area contributed by atoms with Gasteiger partial charge in [-0.15, -0.1) is 0 Å². The zero-order chi connectivity index (χ0) is 18.5. The minimum Gasteiger partial charge on any atom is -0.339 e. The second kappa shape index (κ2) is 6.03. The van der Waals surface area contributed by atoms with Gasteiger partial charge in [0.1, 0.15) is 0 Å². The first-order valence-electron chi connectivity index (χ1n) is 8.47. The first-order chi connectivity index (χ1) is 12.4. The number of carbonyl (C=O) groups is 2. The molecule has 0 bridgehead atoms. The van der Waals surface area contributed by atoms with Gasteiger partial charge in [0.25, 0.3) is 5.91 Å². The zero-order valence-corrected chi connectivity index (χ0v) is 14.8. The molecule has 0 unspecified atom stereocenters. The highest BCUT2D eigenvalue weighted by Gasteiger charge is 2.35. The fourth-order valence-corrected chi connectivity index (χ4v) is 5.18. The van der Waals surface area contributed by atoms with Gasteiger partial charge >= 0.3 is 0 Å². The van der Waals surface area contributed by atoms with Crippen molar-refractivity contribution in [2.75, 3.05) is 13.1 Å². The first-order valence-corrected chi connectivity index (χ1v) is 9.95. The van der Waals surface area contributed by atoms with Crippen LogP contribution in [-0.2, 0) is 9.84 Å². The van der Waals surface area contributed by atoms with Gasteiger partial charge in [0, 0.05) is 35.8 Å². The van der Waals surface area contributed by atoms with Crippen molar-refractivity contribution in [1.29, 1.82) is 0 Å². The van der Waals surface area contributed by atoms with Crippen LogP contribution in [0.5, 0.6) is 0 Å². The maximum absolute atomic E-state index is 12.9. The molecule has 2 aliphatic rings. The minimum atomic E-state index is -3.84. The Morgan fingerprint density at radius 2 is 1.65 bits per heavy atom. The van der Waals surface area contributed by atoms with Gasteiger partial charge in [0.15, 0.2) is 5.78 Å². The Kier molecular flexibility index (Phi) is 3.93. The summed E-state index contributed by atoms with van der Waals surface area (Å²) in [7, 11) is -3.84. The summed E-state index contributed by atoms with van der Waals surface area (Å²) in [4.78, 5) is 26.9. The average molecular weight is 370 g/mol. The van der Waals surface area contributed by atoms with Crippen LogP contribution in [0.15, 0.2) is 52.3 Å². The standard InChI is InChI=1S/C19H18N2O4S/c20-13-7-9-21(10-8-13)19(23)12-5-6-15-17(11-12)26(24,25)16-4-2-1-3-14(16)18(15)22/h1-6,11,13H,7-10,20H2. The summed E-state index contributed by atoms with van der Waals surface area (Å²) in [6.45, 7) is 1.09. The van der Waals surface area contributed by atoms with Crippen molar-refractivity contribution in [3.63, 3.8) is 0 Å². The van der Waals surface area contributed by atoms with Crippen molar-refractivity contribution in [3.8, 4) is 0 Å². The second-order valence-electron chi connectivity index (χ2n) is 6.67. The molecule has 134 valence electrons. The van der Waals surface area contributed by atoms with Crippen LogP contribution in [0.3, 0.4) is 0 Å². The van der Waals surface area contributed by atoms with E-state index >= 15 is 0 Å². The molecule has 2 aromatic rings. The topological polar surface area (TPSA) is 97.5 Å². The lowest BCUT2D eigenvalue weighted by molar-refractivity contribution is 0.0714. The third-order valence-electron chi connectivity index (χ3n) is 5.01. The van der Waals surface area contributed by atoms with E-state index in [0.717, 1.165) is 12.8 Å². The molecule has 2 aliphatic heterocycles. The van der Waals surface area contributed by atoms with Crippen LogP contribution in [-0.4, -0.2) is 44.1 Å². The average Bonchev–Trinajstić information content (AvgIpc) is 2.66. The fraction of sp³-hybridized carbons (Fsp3) is 0.263. The Morgan fingerprint density at radius 3 is 2.38 bits per heavy atom. The van der Waals surface area contributed by atoms with E-state index in [-0.39, 0.29) is 44.2 Å². The number of hydrogen-bond acceptors (Lipinski definition) is 5. The Morgan fingerprint density at radius 1 is 1.00 bits per heavy atom. The molecule has 0 aliphatic carbocycles. The molecule has 2 N–H and O–H groups in total. The largest absolute Gasteiger partial charge is 0.339 e. The lowest BCUT2D eigenvalue weighted by Gasteiger charge is -2.30. The van der Waals surface area contributed by atoms with Crippen LogP contribution in [0, 0.1) is 0 Å². The normalized spacial score (nSPS) is 19.0. The molecule has 0 aromatic heterocycles. The Bertz CT molecular complexity index is 1020. The number of nitrogens with two attached hydrogens (primary N) is 1. The SMILES string of the molecule is NC1CCN(C(=O)c2ccc3c(c2)S(=O)(=O)c2ccccc2C3=O)CC1. The molecule has 0 radical (unpaired) electrons. The summed E-state index contributed by atoms with van der Waals surface area (Å²) in [5, 5.41) is 0. The summed E-state index contributed by atoms with van der Waals surface area (Å²) in [5.41, 5.74) is 6.42. The van der Waals surface area contributed by atoms with E-state index in [0.29, 0.717) is 13.1 Å². The number of benzene rings is 2. The number of likely N-dealkylation sites (tertiary alicyclic amines) is 1. The predicted molar refractivity (Wildman–Crippen MR) is 94.9 cm³/mol. The smallest absolute Gasteiger partial charge is 0.253 e. The molecule has 0 saturated carbocycles. The second-order valence-corrected chi connectivity index (χ2v) is 8.56. The third kappa shape index (κ3) is 2.55. The van der Waals surface area contributed by atoms with E-state index in [1.807, 2.05) is 0 Å². The number of carbonyl (C=O) groups excluding carboxylic acids is 2. The quantitative estimate of drug-likeness (QED) is 0.702. The van der Waals surface area contributed by atoms with Crippen molar-refractivity contribution in [3.05, 3.63) is 59.2 Å². The third-order valence-corrected chi connectivity index (χ3v) is 6.86. The number of amides is 1. The van der Waals surface area contributed by atoms with Crippen LogP contribution in [0.25, 0.3) is 0 Å². The molecule has 0 atom stereocenters. The molecular weight excluding hydrogens is 352 g/mol. The number of hydrogen-bond donors (Lipinski definition) is 1. The molecule has 6 nitrogen and oxygen atoms in total. The van der Waals surface area contributed by atoms with Crippen molar-refractivity contribution < 1.29 is 18.0 Å². The van der Waals surface area contributed by atoms with Gasteiger partial charge < -0.3 is 10.6 Å². The van der Waals surface area contributed by atoms with Gasteiger partial charge in [-0.1, -0.05) is 12.1 Å². The van der Waals surface area contributed by atoms with Gasteiger partial charge in [-0.2, -0.15) is 0 Å². The summed E-state index contributed by atoms with van der Waals surface area (Å²) in [6.07, 6.45) is 1.45. The van der Waals surface area contributed by atoms with Crippen LogP contribution in [0.2, 0.25) is 0 Å². The Balaban J connectivity index is 1.76. The maximum Gasteiger partial charge on any atom is 0.253 e. The van der Waals surface area contributed by atoms with Crippen LogP contribution < -0.4 is 5.73 Å². The van der Waals surface area contributed by atoms with Crippen molar-refractivity contribution in [2.45, 2.75) is 28.7 Å². The molecule has 1 saturated heterocycles. The molecule has 2 heterocycles. The van der Waals surface area contributed by atoms with Crippen molar-refractivity contribution in [1.82, 2.24) is 4.90 Å². The number of nitrogens with zero attached hydrogens (tertiary/aromatic N) is 1. The Labute approximate surface area is 151 Å². The molecule has 26 heavy (non-hydrogen) atoms. The number of sulfone groups is 1. The highest BCUT2D eigenvalue weighted by Crippen LogP contribution is 2.35. The predicted octanol–water partition coefficient (Wildman–Crippen LogP) is 1.63. The van der Waals surface area contributed by atoms with Crippen LogP contribution >= 0.6 is 0 Å². The lowest BCUT2D eigenvalue weighted by Crippen LogP contribution is -2.42. The number of rotatable bonds is 1. The van der Waals surface area contributed by atoms with Crippen molar-refractivity contribution >= 4 is 21.5 Å². The number of fused-ring (bicyclic) bond motifs is 2. The van der Waals surface area contributed by atoms with Crippen LogP contribution in [0.1, 0.15) is 39.1 Å². The highest BCUT2D eigenvalue weighted by atomic mass is 32.2. The zero-order valence-electron chi connectivity index (χ0n) is 14.0. The summed E-state index contributed by atoms with van der Waals surface area (Å²) in [6, 6.07) is 10.5. The van der Waals surface area contributed by atoms with E-state index in [4.69, 9.17) is 5.73 Å². The van der Waals surface area contributed by atoms with E-state index in [2.05, 4.69) is 0 Å². The molecular formula is C19H18N2O4S. The van der Waals surface area contributed by atoms with Gasteiger partial charge in [-0.25, -0.2) is 8.42 Å². The lowest BCUT2D eigenvalue weighted by atomic mass is 10.00. The Hall–Kier alpha value is -2.51. The van der Waals surface area contributed by atoms with E-state index < -0.39 is 9.84 Å². The van der Waals surface area contributed by atoms with Gasteiger partial charge in [0.2, 0.25) is 9.84 Å². The molecule has 7 heteroatoms. The summed E-state index contributed by atoms with van der Waals surface area (Å²) in [5.74, 6) is -0.574. The molecule has 1 fully saturated rings. The van der Waals surface area contributed by atoms with Crippen LogP contribution in [0.4, 0.5) is 0 Å². The highest BCUT2D eigenvalue weighted by molar-refractivity contribution is 7.91. The monoisotopic (exact) mass is 370 g/mol. The number of ketones is 1. The molecule has 4 rings (SSSR count). The van der Waals surface area contributed by atoms with Gasteiger partial charge in [0.05, 0.1) is 9.79 Å². The molecule has 0 spiro atoms. The number of piperidine rings is 1. The first kappa shape index (κ1) is 16.9. The van der Waals surface area contributed by atoms with E-state index in [9.17, 15) is 18.0 Å². The minimum absolute atomic E-state index is 0.00829. The van der Waals surface area contributed by atoms with Gasteiger partial charge in [-0.3, -0.25) is 9.59 Å². The molecule has 1 amide bonds. The molecule has 2 aromatic carbocycles. The van der Waals surface area contributed by atoms with Gasteiger partial charge in [-0.05, 0) is 43.2 Å². The summed E-state index contributed by atoms with van der Waals surface area (Å²) < 4.78 is 25.9. The fourth-order valence-electron chi connectivity index (χ4n) is 3.50. The van der Waals surface area contributed by atoms with E-state index in [1.54, 1.807) is 17.0 Å². The summed E-state index contributed by atoms with van der Waals surface area (Å²) >= 11 is 0.